The lowest BCUT2D eigenvalue weighted by Crippen LogP contribution is -2.07. The Morgan fingerprint density at radius 2 is 2.00 bits per heavy atom. The Bertz CT molecular complexity index is 1190. The van der Waals surface area contributed by atoms with E-state index in [1.807, 2.05) is 6.07 Å². The molecular weight excluding hydrogens is 429 g/mol. The molecule has 0 radical (unpaired) electrons. The highest BCUT2D eigenvalue weighted by molar-refractivity contribution is 9.10. The van der Waals surface area contributed by atoms with Crippen molar-refractivity contribution >= 4 is 33.5 Å². The van der Waals surface area contributed by atoms with E-state index in [0.717, 1.165) is 11.3 Å². The van der Waals surface area contributed by atoms with Gasteiger partial charge in [0.05, 0.1) is 22.6 Å². The molecule has 0 saturated heterocycles. The van der Waals surface area contributed by atoms with Crippen LogP contribution in [-0.2, 0) is 6.42 Å². The number of carboxylic acid groups (broad SMARTS) is 1. The molecule has 0 fully saturated rings. The monoisotopic (exact) mass is 441 g/mol. The standard InChI is InChI=1S/C19H13BrFN5O2/c20-15-5-4-12(8-16(15)21)17-10-23-18-22-9-14(26(18)25-17)7-11-2-1-3-13(6-11)24-19(27)28/h1-6,8-10,24H,7H2,(H,27,28). The summed E-state index contributed by atoms with van der Waals surface area (Å²) in [6, 6.07) is 11.8. The van der Waals surface area contributed by atoms with Crippen molar-refractivity contribution in [2.24, 2.45) is 0 Å². The first-order chi connectivity index (χ1) is 13.5. The molecule has 2 N–H and O–H groups in total. The molecule has 2 aromatic carbocycles. The van der Waals surface area contributed by atoms with Gasteiger partial charge in [-0.25, -0.2) is 23.7 Å². The third-order valence-electron chi connectivity index (χ3n) is 4.08. The van der Waals surface area contributed by atoms with Crippen LogP contribution in [0.2, 0.25) is 0 Å². The first kappa shape index (κ1) is 18.1. The molecule has 0 aliphatic carbocycles. The number of halogens is 2. The summed E-state index contributed by atoms with van der Waals surface area (Å²) in [5.41, 5.74) is 3.25. The minimum absolute atomic E-state index is 0.378. The second-order valence-electron chi connectivity index (χ2n) is 6.04. The number of nitrogens with one attached hydrogen (secondary N) is 1. The Hall–Kier alpha value is -3.33. The van der Waals surface area contributed by atoms with Crippen LogP contribution in [0, 0.1) is 5.82 Å². The second-order valence-corrected chi connectivity index (χ2v) is 6.90. The largest absolute Gasteiger partial charge is 0.465 e. The fourth-order valence-corrected chi connectivity index (χ4v) is 3.07. The van der Waals surface area contributed by atoms with E-state index in [1.165, 1.54) is 6.07 Å². The lowest BCUT2D eigenvalue weighted by molar-refractivity contribution is 0.210. The first-order valence-corrected chi connectivity index (χ1v) is 9.03. The van der Waals surface area contributed by atoms with E-state index < -0.39 is 6.09 Å². The van der Waals surface area contributed by atoms with Gasteiger partial charge in [0.25, 0.3) is 5.78 Å². The van der Waals surface area contributed by atoms with Crippen LogP contribution in [0.4, 0.5) is 14.9 Å². The quantitative estimate of drug-likeness (QED) is 0.490. The number of anilines is 1. The zero-order valence-electron chi connectivity index (χ0n) is 14.3. The van der Waals surface area contributed by atoms with Crippen LogP contribution < -0.4 is 5.32 Å². The molecule has 0 aliphatic rings. The van der Waals surface area contributed by atoms with Gasteiger partial charge in [-0.2, -0.15) is 5.10 Å². The molecule has 4 rings (SSSR count). The molecule has 140 valence electrons. The number of benzene rings is 2. The Labute approximate surface area is 167 Å². The highest BCUT2D eigenvalue weighted by Gasteiger charge is 2.11. The molecule has 0 unspecified atom stereocenters. The summed E-state index contributed by atoms with van der Waals surface area (Å²) in [4.78, 5) is 19.4. The number of fused-ring (bicyclic) bond motifs is 1. The third kappa shape index (κ3) is 3.70. The van der Waals surface area contributed by atoms with Crippen LogP contribution in [0.15, 0.2) is 59.3 Å². The number of aromatic nitrogens is 4. The van der Waals surface area contributed by atoms with E-state index in [-0.39, 0.29) is 5.82 Å². The normalized spacial score (nSPS) is 10.9. The molecular formula is C19H13BrFN5O2. The van der Waals surface area contributed by atoms with E-state index in [9.17, 15) is 9.18 Å². The summed E-state index contributed by atoms with van der Waals surface area (Å²) < 4.78 is 15.8. The van der Waals surface area contributed by atoms with Gasteiger partial charge >= 0.3 is 6.09 Å². The maximum atomic E-state index is 13.9. The summed E-state index contributed by atoms with van der Waals surface area (Å²) in [5.74, 6) is 0.0455. The highest BCUT2D eigenvalue weighted by Crippen LogP contribution is 2.23. The van der Waals surface area contributed by atoms with E-state index >= 15 is 0 Å². The summed E-state index contributed by atoms with van der Waals surface area (Å²) >= 11 is 3.14. The van der Waals surface area contributed by atoms with Gasteiger partial charge in [0, 0.05) is 17.7 Å². The number of nitrogens with zero attached hydrogens (tertiary/aromatic N) is 4. The third-order valence-corrected chi connectivity index (χ3v) is 4.72. The van der Waals surface area contributed by atoms with Gasteiger partial charge in [0.15, 0.2) is 0 Å². The summed E-state index contributed by atoms with van der Waals surface area (Å²) in [6.45, 7) is 0. The smallest absolute Gasteiger partial charge is 0.409 e. The van der Waals surface area contributed by atoms with Crippen LogP contribution in [-0.4, -0.2) is 30.8 Å². The van der Waals surface area contributed by atoms with Gasteiger partial charge in [-0.3, -0.25) is 5.32 Å². The number of imidazole rings is 1. The molecule has 2 heterocycles. The predicted molar refractivity (Wildman–Crippen MR) is 105 cm³/mol. The molecule has 9 heteroatoms. The fourth-order valence-electron chi connectivity index (χ4n) is 2.82. The minimum Gasteiger partial charge on any atom is -0.465 e. The van der Waals surface area contributed by atoms with Crippen molar-refractivity contribution in [2.45, 2.75) is 6.42 Å². The Morgan fingerprint density at radius 1 is 1.18 bits per heavy atom. The van der Waals surface area contributed by atoms with E-state index in [4.69, 9.17) is 5.11 Å². The Kier molecular flexibility index (Phi) is 4.74. The van der Waals surface area contributed by atoms with Crippen molar-refractivity contribution in [2.75, 3.05) is 5.32 Å². The average Bonchev–Trinajstić information content (AvgIpc) is 3.06. The number of hydrogen-bond donors (Lipinski definition) is 2. The molecule has 2 aromatic heterocycles. The van der Waals surface area contributed by atoms with Gasteiger partial charge in [-0.05, 0) is 45.8 Å². The van der Waals surface area contributed by atoms with Crippen molar-refractivity contribution in [1.82, 2.24) is 19.6 Å². The highest BCUT2D eigenvalue weighted by atomic mass is 79.9. The lowest BCUT2D eigenvalue weighted by atomic mass is 10.1. The molecule has 0 atom stereocenters. The van der Waals surface area contributed by atoms with Crippen molar-refractivity contribution in [3.8, 4) is 11.3 Å². The molecule has 28 heavy (non-hydrogen) atoms. The molecule has 0 bridgehead atoms. The van der Waals surface area contributed by atoms with E-state index in [1.54, 1.807) is 47.2 Å². The number of rotatable bonds is 4. The maximum absolute atomic E-state index is 13.9. The van der Waals surface area contributed by atoms with Crippen LogP contribution in [0.1, 0.15) is 11.3 Å². The van der Waals surface area contributed by atoms with Crippen molar-refractivity contribution < 1.29 is 14.3 Å². The summed E-state index contributed by atoms with van der Waals surface area (Å²) in [5, 5.41) is 15.7. The van der Waals surface area contributed by atoms with Crippen LogP contribution in [0.25, 0.3) is 17.0 Å². The molecule has 7 nitrogen and oxygen atoms in total. The lowest BCUT2D eigenvalue weighted by Gasteiger charge is -2.06. The number of hydrogen-bond acceptors (Lipinski definition) is 4. The van der Waals surface area contributed by atoms with Crippen LogP contribution in [0.5, 0.6) is 0 Å². The SMILES string of the molecule is O=C(O)Nc1cccc(Cc2cnc3ncc(-c4ccc(Br)c(F)c4)nn23)c1. The second kappa shape index (κ2) is 7.35. The van der Waals surface area contributed by atoms with Gasteiger partial charge < -0.3 is 5.11 Å². The topological polar surface area (TPSA) is 92.4 Å². The first-order valence-electron chi connectivity index (χ1n) is 8.23. The van der Waals surface area contributed by atoms with Crippen molar-refractivity contribution in [3.05, 3.63) is 76.4 Å². The van der Waals surface area contributed by atoms with Gasteiger partial charge in [0.1, 0.15) is 11.5 Å². The molecule has 0 spiro atoms. The fraction of sp³-hybridized carbons (Fsp3) is 0.0526. The number of amides is 1. The van der Waals surface area contributed by atoms with Crippen LogP contribution in [0.3, 0.4) is 0 Å². The molecule has 1 amide bonds. The zero-order valence-corrected chi connectivity index (χ0v) is 15.9. The molecule has 4 aromatic rings. The predicted octanol–water partition coefficient (Wildman–Crippen LogP) is 4.37. The van der Waals surface area contributed by atoms with Crippen LogP contribution >= 0.6 is 15.9 Å². The minimum atomic E-state index is -1.12. The molecule has 0 aliphatic heterocycles. The number of carbonyl (C=O) groups is 1. The maximum Gasteiger partial charge on any atom is 0.409 e. The van der Waals surface area contributed by atoms with Gasteiger partial charge in [0.2, 0.25) is 0 Å². The zero-order chi connectivity index (χ0) is 19.7. The van der Waals surface area contributed by atoms with E-state index in [0.29, 0.717) is 33.6 Å². The van der Waals surface area contributed by atoms with E-state index in [2.05, 4.69) is 36.3 Å². The Morgan fingerprint density at radius 3 is 2.79 bits per heavy atom. The molecule has 0 saturated carbocycles. The summed E-state index contributed by atoms with van der Waals surface area (Å²) in [6.07, 6.45) is 2.57. The summed E-state index contributed by atoms with van der Waals surface area (Å²) in [7, 11) is 0. The average molecular weight is 442 g/mol. The Balaban J connectivity index is 1.68. The van der Waals surface area contributed by atoms with Gasteiger partial charge in [-0.1, -0.05) is 18.2 Å². The van der Waals surface area contributed by atoms with Crippen molar-refractivity contribution in [1.29, 1.82) is 0 Å². The van der Waals surface area contributed by atoms with Crippen molar-refractivity contribution in [3.63, 3.8) is 0 Å². The van der Waals surface area contributed by atoms with Gasteiger partial charge in [-0.15, -0.1) is 0 Å².